The first kappa shape index (κ1) is 15.3. The van der Waals surface area contributed by atoms with Crippen LogP contribution in [0.5, 0.6) is 0 Å². The van der Waals surface area contributed by atoms with Crippen LogP contribution in [0.2, 0.25) is 0 Å². The Morgan fingerprint density at radius 1 is 1.37 bits per heavy atom. The summed E-state index contributed by atoms with van der Waals surface area (Å²) in [6.45, 7) is 2.11. The lowest BCUT2D eigenvalue weighted by atomic mass is 9.91. The van der Waals surface area contributed by atoms with Gasteiger partial charge in [0.1, 0.15) is 6.04 Å². The summed E-state index contributed by atoms with van der Waals surface area (Å²) >= 11 is 0. The normalized spacial score (nSPS) is 22.8. The molecule has 19 heavy (non-hydrogen) atoms. The number of likely N-dealkylation sites (tertiary alicyclic amines) is 1. The molecular formula is C12H21N3O4. The number of aliphatic carboxylic acids is 1. The standard InChI is InChI=1S/C12H21N3O4/c1-8-5-4-6-15(10(8)11(17)18)12(19)13-7-9(16)14(2)3/h8,10H,4-7H2,1-3H3,(H,13,19)(H,17,18). The number of urea groups is 1. The zero-order valence-electron chi connectivity index (χ0n) is 11.5. The maximum atomic E-state index is 12.0. The van der Waals surface area contributed by atoms with E-state index >= 15 is 0 Å². The van der Waals surface area contributed by atoms with Crippen LogP contribution in [0.1, 0.15) is 19.8 Å². The van der Waals surface area contributed by atoms with Gasteiger partial charge in [0.25, 0.3) is 0 Å². The number of carboxylic acids is 1. The molecule has 0 aromatic heterocycles. The maximum absolute atomic E-state index is 12.0. The lowest BCUT2D eigenvalue weighted by molar-refractivity contribution is -0.145. The molecule has 108 valence electrons. The Balaban J connectivity index is 2.63. The molecule has 0 bridgehead atoms. The third-order valence-corrected chi connectivity index (χ3v) is 3.34. The fourth-order valence-electron chi connectivity index (χ4n) is 2.20. The second kappa shape index (κ2) is 6.40. The van der Waals surface area contributed by atoms with Crippen molar-refractivity contribution in [3.8, 4) is 0 Å². The molecule has 2 atom stereocenters. The maximum Gasteiger partial charge on any atom is 0.326 e. The van der Waals surface area contributed by atoms with Gasteiger partial charge in [-0.15, -0.1) is 0 Å². The minimum atomic E-state index is -0.999. The number of nitrogens with one attached hydrogen (secondary N) is 1. The first-order chi connectivity index (χ1) is 8.84. The number of piperidine rings is 1. The fourth-order valence-corrected chi connectivity index (χ4v) is 2.20. The largest absolute Gasteiger partial charge is 0.480 e. The van der Waals surface area contributed by atoms with Crippen LogP contribution in [0.3, 0.4) is 0 Å². The summed E-state index contributed by atoms with van der Waals surface area (Å²) in [6, 6.07) is -1.31. The summed E-state index contributed by atoms with van der Waals surface area (Å²) < 4.78 is 0. The van der Waals surface area contributed by atoms with E-state index in [0.29, 0.717) is 6.54 Å². The number of amides is 3. The molecule has 0 aliphatic carbocycles. The van der Waals surface area contributed by atoms with E-state index in [1.807, 2.05) is 6.92 Å². The quantitative estimate of drug-likeness (QED) is 0.754. The molecule has 1 aliphatic rings. The molecule has 0 radical (unpaired) electrons. The van der Waals surface area contributed by atoms with Crippen LogP contribution >= 0.6 is 0 Å². The van der Waals surface area contributed by atoms with E-state index in [4.69, 9.17) is 0 Å². The van der Waals surface area contributed by atoms with Crippen molar-refractivity contribution in [2.75, 3.05) is 27.2 Å². The van der Waals surface area contributed by atoms with Gasteiger partial charge in [-0.3, -0.25) is 4.79 Å². The van der Waals surface area contributed by atoms with Gasteiger partial charge in [0.05, 0.1) is 6.54 Å². The molecule has 0 saturated carbocycles. The van der Waals surface area contributed by atoms with Crippen molar-refractivity contribution >= 4 is 17.9 Å². The van der Waals surface area contributed by atoms with Crippen LogP contribution in [-0.4, -0.2) is 66.0 Å². The number of carbonyl (C=O) groups excluding carboxylic acids is 2. The number of nitrogens with zero attached hydrogens (tertiary/aromatic N) is 2. The molecule has 1 aliphatic heterocycles. The predicted molar refractivity (Wildman–Crippen MR) is 68.6 cm³/mol. The molecule has 2 N–H and O–H groups in total. The Morgan fingerprint density at radius 3 is 2.53 bits per heavy atom. The van der Waals surface area contributed by atoms with Crippen LogP contribution in [0.15, 0.2) is 0 Å². The zero-order valence-corrected chi connectivity index (χ0v) is 11.5. The van der Waals surface area contributed by atoms with E-state index in [-0.39, 0.29) is 18.4 Å². The topological polar surface area (TPSA) is 90.0 Å². The Labute approximate surface area is 112 Å². The number of carboxylic acid groups (broad SMARTS) is 1. The van der Waals surface area contributed by atoms with E-state index in [1.54, 1.807) is 14.1 Å². The van der Waals surface area contributed by atoms with Crippen molar-refractivity contribution < 1.29 is 19.5 Å². The Kier molecular flexibility index (Phi) is 5.14. The first-order valence-corrected chi connectivity index (χ1v) is 6.32. The Hall–Kier alpha value is -1.79. The molecule has 1 heterocycles. The summed E-state index contributed by atoms with van der Waals surface area (Å²) in [7, 11) is 3.19. The highest BCUT2D eigenvalue weighted by atomic mass is 16.4. The average molecular weight is 271 g/mol. The van der Waals surface area contributed by atoms with Gasteiger partial charge in [-0.2, -0.15) is 0 Å². The Bertz CT molecular complexity index is 370. The predicted octanol–water partition coefficient (Wildman–Crippen LogP) is -0.0307. The number of hydrogen-bond donors (Lipinski definition) is 2. The smallest absolute Gasteiger partial charge is 0.326 e. The highest BCUT2D eigenvalue weighted by Crippen LogP contribution is 2.23. The van der Waals surface area contributed by atoms with Crippen molar-refractivity contribution in [3.63, 3.8) is 0 Å². The van der Waals surface area contributed by atoms with Gasteiger partial charge >= 0.3 is 12.0 Å². The number of rotatable bonds is 3. The van der Waals surface area contributed by atoms with Crippen molar-refractivity contribution in [1.29, 1.82) is 0 Å². The summed E-state index contributed by atoms with van der Waals surface area (Å²) in [4.78, 5) is 37.3. The third kappa shape index (κ3) is 3.84. The van der Waals surface area contributed by atoms with E-state index < -0.39 is 18.0 Å². The highest BCUT2D eigenvalue weighted by molar-refractivity contribution is 5.86. The minimum Gasteiger partial charge on any atom is -0.480 e. The van der Waals surface area contributed by atoms with Gasteiger partial charge in [0, 0.05) is 20.6 Å². The highest BCUT2D eigenvalue weighted by Gasteiger charge is 2.37. The molecule has 7 heteroatoms. The van der Waals surface area contributed by atoms with Crippen LogP contribution in [-0.2, 0) is 9.59 Å². The van der Waals surface area contributed by atoms with Gasteiger partial charge in [-0.05, 0) is 18.8 Å². The third-order valence-electron chi connectivity index (χ3n) is 3.34. The van der Waals surface area contributed by atoms with Gasteiger partial charge in [0.2, 0.25) is 5.91 Å². The van der Waals surface area contributed by atoms with Crippen LogP contribution in [0, 0.1) is 5.92 Å². The fraction of sp³-hybridized carbons (Fsp3) is 0.750. The number of hydrogen-bond acceptors (Lipinski definition) is 3. The monoisotopic (exact) mass is 271 g/mol. The average Bonchev–Trinajstić information content (AvgIpc) is 2.34. The van der Waals surface area contributed by atoms with Gasteiger partial charge < -0.3 is 20.2 Å². The lowest BCUT2D eigenvalue weighted by Gasteiger charge is -2.37. The molecule has 3 amide bonds. The van der Waals surface area contributed by atoms with Crippen LogP contribution < -0.4 is 5.32 Å². The van der Waals surface area contributed by atoms with Crippen LogP contribution in [0.25, 0.3) is 0 Å². The van der Waals surface area contributed by atoms with Gasteiger partial charge in [0.15, 0.2) is 0 Å². The Morgan fingerprint density at radius 2 is 2.00 bits per heavy atom. The summed E-state index contributed by atoms with van der Waals surface area (Å²) in [6.07, 6.45) is 1.57. The molecular weight excluding hydrogens is 250 g/mol. The molecule has 2 unspecified atom stereocenters. The van der Waals surface area contributed by atoms with Crippen molar-refractivity contribution in [3.05, 3.63) is 0 Å². The van der Waals surface area contributed by atoms with E-state index in [1.165, 1.54) is 9.80 Å². The van der Waals surface area contributed by atoms with Crippen molar-refractivity contribution in [1.82, 2.24) is 15.1 Å². The lowest BCUT2D eigenvalue weighted by Crippen LogP contribution is -2.55. The minimum absolute atomic E-state index is 0.0819. The molecule has 1 saturated heterocycles. The molecule has 1 fully saturated rings. The molecule has 7 nitrogen and oxygen atoms in total. The summed E-state index contributed by atoms with van der Waals surface area (Å²) in [5.74, 6) is -1.31. The second-order valence-corrected chi connectivity index (χ2v) is 5.04. The van der Waals surface area contributed by atoms with E-state index in [2.05, 4.69) is 5.32 Å². The van der Waals surface area contributed by atoms with Gasteiger partial charge in [-0.25, -0.2) is 9.59 Å². The van der Waals surface area contributed by atoms with Crippen molar-refractivity contribution in [2.24, 2.45) is 5.92 Å². The molecule has 0 aromatic carbocycles. The molecule has 0 spiro atoms. The number of carbonyl (C=O) groups is 3. The van der Waals surface area contributed by atoms with Gasteiger partial charge in [-0.1, -0.05) is 6.92 Å². The SMILES string of the molecule is CC1CCCN(C(=O)NCC(=O)N(C)C)C1C(=O)O. The van der Waals surface area contributed by atoms with E-state index in [0.717, 1.165) is 12.8 Å². The summed E-state index contributed by atoms with van der Waals surface area (Å²) in [5.41, 5.74) is 0. The molecule has 1 rings (SSSR count). The summed E-state index contributed by atoms with van der Waals surface area (Å²) in [5, 5.41) is 11.7. The van der Waals surface area contributed by atoms with E-state index in [9.17, 15) is 19.5 Å². The number of likely N-dealkylation sites (N-methyl/N-ethyl adjacent to an activating group) is 1. The molecule has 0 aromatic rings. The first-order valence-electron chi connectivity index (χ1n) is 6.32. The zero-order chi connectivity index (χ0) is 14.6. The van der Waals surface area contributed by atoms with Crippen molar-refractivity contribution in [2.45, 2.75) is 25.8 Å². The van der Waals surface area contributed by atoms with Crippen LogP contribution in [0.4, 0.5) is 4.79 Å². The second-order valence-electron chi connectivity index (χ2n) is 5.04.